The molecule has 0 spiro atoms. The number of allylic oxidation sites excluding steroid dienone is 1. The van der Waals surface area contributed by atoms with E-state index < -0.39 is 36.1 Å². The van der Waals surface area contributed by atoms with Gasteiger partial charge in [0.15, 0.2) is 12.2 Å². The predicted molar refractivity (Wildman–Crippen MR) is 104 cm³/mol. The molecule has 174 valence electrons. The lowest BCUT2D eigenvalue weighted by Crippen LogP contribution is -2.58. The maximum absolute atomic E-state index is 14.2. The van der Waals surface area contributed by atoms with Crippen LogP contribution in [0.3, 0.4) is 0 Å². The van der Waals surface area contributed by atoms with Crippen LogP contribution in [0.2, 0.25) is 0 Å². The van der Waals surface area contributed by atoms with Gasteiger partial charge in [0.25, 0.3) is 0 Å². The molecule has 0 saturated heterocycles. The second-order valence-corrected chi connectivity index (χ2v) is 7.75. The average molecular weight is 462 g/mol. The van der Waals surface area contributed by atoms with E-state index in [1.807, 2.05) is 0 Å². The van der Waals surface area contributed by atoms with Crippen LogP contribution in [0.5, 0.6) is 5.75 Å². The van der Waals surface area contributed by atoms with Gasteiger partial charge in [0.05, 0.1) is 11.8 Å². The molecule has 1 aliphatic rings. The van der Waals surface area contributed by atoms with Gasteiger partial charge in [-0.3, -0.25) is 9.67 Å². The molecule has 2 aromatic rings. The van der Waals surface area contributed by atoms with Crippen LogP contribution in [0.15, 0.2) is 47.7 Å². The van der Waals surface area contributed by atoms with Crippen molar-refractivity contribution < 1.29 is 36.2 Å². The van der Waals surface area contributed by atoms with Crippen LogP contribution < -0.4 is 4.74 Å². The molecule has 3 rings (SSSR count). The van der Waals surface area contributed by atoms with E-state index in [2.05, 4.69) is 14.8 Å². The Kier molecular flexibility index (Phi) is 6.02. The summed E-state index contributed by atoms with van der Waals surface area (Å²) in [6.07, 6.45) is -5.50. The van der Waals surface area contributed by atoms with Gasteiger partial charge in [-0.25, -0.2) is 0 Å². The molecule has 6 nitrogen and oxygen atoms in total. The molecule has 0 aliphatic carbocycles. The van der Waals surface area contributed by atoms with Gasteiger partial charge in [-0.05, 0) is 49.8 Å². The molecule has 1 aliphatic heterocycles. The molecule has 12 heteroatoms. The first-order valence-corrected chi connectivity index (χ1v) is 9.32. The van der Waals surface area contributed by atoms with E-state index in [9.17, 15) is 31.4 Å². The van der Waals surface area contributed by atoms with E-state index in [0.29, 0.717) is 5.56 Å². The zero-order chi connectivity index (χ0) is 23.9. The van der Waals surface area contributed by atoms with Crippen LogP contribution in [-0.4, -0.2) is 50.2 Å². The lowest BCUT2D eigenvalue weighted by Gasteiger charge is -2.46. The van der Waals surface area contributed by atoms with Gasteiger partial charge in [-0.2, -0.15) is 18.3 Å². The van der Waals surface area contributed by atoms with E-state index in [-0.39, 0.29) is 11.3 Å². The Balaban J connectivity index is 2.10. The Labute approximate surface area is 179 Å². The van der Waals surface area contributed by atoms with Crippen LogP contribution in [0.25, 0.3) is 5.70 Å². The Morgan fingerprint density at radius 1 is 1.06 bits per heavy atom. The molecule has 1 aromatic heterocycles. The van der Waals surface area contributed by atoms with Crippen molar-refractivity contribution in [3.63, 3.8) is 0 Å². The Hall–Kier alpha value is -3.02. The number of aliphatic hydroxyl groups is 1. The quantitative estimate of drug-likeness (QED) is 0.668. The smallest absolute Gasteiger partial charge is 0.406 e. The molecule has 1 unspecified atom stereocenters. The number of halogens is 6. The maximum Gasteiger partial charge on any atom is 0.573 e. The molecule has 1 aromatic carbocycles. The SMILES string of the molecule is Cn1cc(C2N=CC=C(c3ccc(OC(F)(F)F)cc3)N2[C@H](C(C)(C)O)C(F)(F)F)cn1. The fourth-order valence-electron chi connectivity index (χ4n) is 3.56. The van der Waals surface area contributed by atoms with Crippen molar-refractivity contribution in [1.82, 2.24) is 14.7 Å². The van der Waals surface area contributed by atoms with Crippen molar-refractivity contribution in [2.45, 2.75) is 44.2 Å². The zero-order valence-corrected chi connectivity index (χ0v) is 17.2. The molecule has 0 bridgehead atoms. The molecule has 2 atom stereocenters. The third-order valence-electron chi connectivity index (χ3n) is 4.67. The average Bonchev–Trinajstić information content (AvgIpc) is 3.05. The third-order valence-corrected chi connectivity index (χ3v) is 4.67. The fraction of sp³-hybridized carbons (Fsp3) is 0.400. The first kappa shape index (κ1) is 23.6. The van der Waals surface area contributed by atoms with Crippen molar-refractivity contribution >= 4 is 11.9 Å². The first-order valence-electron chi connectivity index (χ1n) is 9.32. The number of aryl methyl sites for hydroxylation is 1. The van der Waals surface area contributed by atoms with Gasteiger partial charge < -0.3 is 14.7 Å². The summed E-state index contributed by atoms with van der Waals surface area (Å²) in [5.41, 5.74) is -1.72. The number of benzene rings is 1. The number of nitrogens with zero attached hydrogens (tertiary/aromatic N) is 4. The number of ether oxygens (including phenoxy) is 1. The van der Waals surface area contributed by atoms with Crippen LogP contribution >= 0.6 is 0 Å². The molecule has 0 radical (unpaired) electrons. The summed E-state index contributed by atoms with van der Waals surface area (Å²) in [6.45, 7) is 2.06. The summed E-state index contributed by atoms with van der Waals surface area (Å²) in [7, 11) is 1.59. The normalized spacial score (nSPS) is 18.5. The van der Waals surface area contributed by atoms with Gasteiger partial charge >= 0.3 is 12.5 Å². The number of aliphatic imine (C=N–C) groups is 1. The van der Waals surface area contributed by atoms with Crippen LogP contribution in [0.1, 0.15) is 31.1 Å². The second-order valence-electron chi connectivity index (χ2n) is 7.75. The number of aromatic nitrogens is 2. The van der Waals surface area contributed by atoms with Crippen molar-refractivity contribution in [2.75, 3.05) is 0 Å². The molecule has 1 N–H and O–H groups in total. The number of alkyl halides is 6. The summed E-state index contributed by atoms with van der Waals surface area (Å²) < 4.78 is 85.1. The Morgan fingerprint density at radius 3 is 2.16 bits per heavy atom. The molecular weight excluding hydrogens is 442 g/mol. The largest absolute Gasteiger partial charge is 0.573 e. The minimum absolute atomic E-state index is 0.0110. The summed E-state index contributed by atoms with van der Waals surface area (Å²) >= 11 is 0. The predicted octanol–water partition coefficient (Wildman–Crippen LogP) is 4.45. The minimum Gasteiger partial charge on any atom is -0.406 e. The zero-order valence-electron chi connectivity index (χ0n) is 17.2. The summed E-state index contributed by atoms with van der Waals surface area (Å²) in [4.78, 5) is 5.07. The van der Waals surface area contributed by atoms with Gasteiger partial charge in [0.2, 0.25) is 0 Å². The van der Waals surface area contributed by atoms with Crippen LogP contribution in [-0.2, 0) is 7.05 Å². The van der Waals surface area contributed by atoms with Gasteiger partial charge in [-0.15, -0.1) is 13.2 Å². The summed E-state index contributed by atoms with van der Waals surface area (Å²) in [5.74, 6) is -0.517. The topological polar surface area (TPSA) is 62.9 Å². The van der Waals surface area contributed by atoms with E-state index in [1.165, 1.54) is 41.5 Å². The Bertz CT molecular complexity index is 989. The fourth-order valence-corrected chi connectivity index (χ4v) is 3.56. The van der Waals surface area contributed by atoms with E-state index in [4.69, 9.17) is 0 Å². The van der Waals surface area contributed by atoms with Crippen molar-refractivity contribution in [3.8, 4) is 5.75 Å². The minimum atomic E-state index is -4.90. The number of hydrogen-bond acceptors (Lipinski definition) is 5. The van der Waals surface area contributed by atoms with Crippen molar-refractivity contribution in [3.05, 3.63) is 53.9 Å². The summed E-state index contributed by atoms with van der Waals surface area (Å²) in [6, 6.07) is 2.02. The molecule has 0 fully saturated rings. The van der Waals surface area contributed by atoms with E-state index >= 15 is 0 Å². The van der Waals surface area contributed by atoms with E-state index in [0.717, 1.165) is 30.9 Å². The van der Waals surface area contributed by atoms with E-state index in [1.54, 1.807) is 7.05 Å². The van der Waals surface area contributed by atoms with Gasteiger partial charge in [0.1, 0.15) is 5.75 Å². The highest BCUT2D eigenvalue weighted by Crippen LogP contribution is 2.44. The summed E-state index contributed by atoms with van der Waals surface area (Å²) in [5, 5.41) is 14.4. The van der Waals surface area contributed by atoms with Gasteiger partial charge in [-0.1, -0.05) is 0 Å². The highest BCUT2D eigenvalue weighted by atomic mass is 19.4. The highest BCUT2D eigenvalue weighted by molar-refractivity contribution is 5.86. The lowest BCUT2D eigenvalue weighted by atomic mass is 9.93. The van der Waals surface area contributed by atoms with Crippen LogP contribution in [0, 0.1) is 0 Å². The first-order chi connectivity index (χ1) is 14.7. The third kappa shape index (κ3) is 5.23. The molecule has 0 saturated carbocycles. The van der Waals surface area contributed by atoms with Gasteiger partial charge in [0, 0.05) is 30.7 Å². The Morgan fingerprint density at radius 2 is 1.69 bits per heavy atom. The highest BCUT2D eigenvalue weighted by Gasteiger charge is 2.55. The number of hydrogen-bond donors (Lipinski definition) is 1. The number of rotatable bonds is 5. The lowest BCUT2D eigenvalue weighted by molar-refractivity contribution is -0.274. The molecule has 32 heavy (non-hydrogen) atoms. The second kappa shape index (κ2) is 8.15. The van der Waals surface area contributed by atoms with Crippen molar-refractivity contribution in [2.24, 2.45) is 12.0 Å². The van der Waals surface area contributed by atoms with Crippen molar-refractivity contribution in [1.29, 1.82) is 0 Å². The molecular formula is C20H20F6N4O2. The monoisotopic (exact) mass is 462 g/mol. The molecule has 0 amide bonds. The molecule has 2 heterocycles. The van der Waals surface area contributed by atoms with Crippen LogP contribution in [0.4, 0.5) is 26.3 Å². The standard InChI is InChI=1S/C20H20F6N4O2/c1-18(2,31)17(19(21,22)23)30-15(8-9-27-16(30)13-10-28-29(3)11-13)12-4-6-14(7-5-12)32-20(24,25)26/h4-11,16-17,31H,1-3H3/t16?,17-/m1/s1. The maximum atomic E-state index is 14.2.